The van der Waals surface area contributed by atoms with E-state index in [-0.39, 0.29) is 17.7 Å². The van der Waals surface area contributed by atoms with Crippen molar-refractivity contribution in [2.24, 2.45) is 0 Å². The van der Waals surface area contributed by atoms with Gasteiger partial charge >= 0.3 is 0 Å². The fourth-order valence-corrected chi connectivity index (χ4v) is 2.71. The van der Waals surface area contributed by atoms with Crippen molar-refractivity contribution in [3.8, 4) is 0 Å². The summed E-state index contributed by atoms with van der Waals surface area (Å²) in [5, 5.41) is 12.3. The molecule has 0 aliphatic carbocycles. The molecule has 0 radical (unpaired) electrons. The van der Waals surface area contributed by atoms with Crippen LogP contribution in [0.2, 0.25) is 0 Å². The Bertz CT molecular complexity index is 457. The van der Waals surface area contributed by atoms with Gasteiger partial charge in [-0.3, -0.25) is 9.00 Å². The highest BCUT2D eigenvalue weighted by molar-refractivity contribution is 7.85. The van der Waals surface area contributed by atoms with Crippen molar-refractivity contribution >= 4 is 16.7 Å². The summed E-state index contributed by atoms with van der Waals surface area (Å²) in [6, 6.07) is 6.76. The van der Waals surface area contributed by atoms with Crippen LogP contribution in [0.1, 0.15) is 44.0 Å². The molecule has 0 bridgehead atoms. The second-order valence-corrected chi connectivity index (χ2v) is 7.03. The van der Waals surface area contributed by atoms with Gasteiger partial charge in [-0.25, -0.2) is 0 Å². The molecule has 2 atom stereocenters. The number of amides is 1. The Labute approximate surface area is 123 Å². The maximum Gasteiger partial charge on any atom is 0.251 e. The van der Waals surface area contributed by atoms with Gasteiger partial charge in [-0.2, -0.15) is 0 Å². The van der Waals surface area contributed by atoms with Crippen LogP contribution in [-0.2, 0) is 10.8 Å². The number of carbonyl (C=O) groups excluding carboxylic acids is 1. The van der Waals surface area contributed by atoms with Gasteiger partial charge < -0.3 is 10.4 Å². The predicted octanol–water partition coefficient (Wildman–Crippen LogP) is 2.09. The van der Waals surface area contributed by atoms with Crippen molar-refractivity contribution < 1.29 is 14.1 Å². The lowest BCUT2D eigenvalue weighted by atomic mass is 10.2. The fraction of sp³-hybridized carbons (Fsp3) is 0.533. The van der Waals surface area contributed by atoms with Crippen LogP contribution in [0.3, 0.4) is 0 Å². The Morgan fingerprint density at radius 1 is 1.30 bits per heavy atom. The average Bonchev–Trinajstić information content (AvgIpc) is 2.44. The molecule has 1 aromatic carbocycles. The van der Waals surface area contributed by atoms with Gasteiger partial charge in [-0.1, -0.05) is 27.2 Å². The molecule has 0 fully saturated rings. The fourth-order valence-electron chi connectivity index (χ4n) is 1.76. The molecule has 4 nitrogen and oxygen atoms in total. The van der Waals surface area contributed by atoms with Gasteiger partial charge in [0.2, 0.25) is 0 Å². The minimum atomic E-state index is -1.04. The summed E-state index contributed by atoms with van der Waals surface area (Å²) in [4.78, 5) is 12.6. The van der Waals surface area contributed by atoms with Crippen molar-refractivity contribution in [1.82, 2.24) is 5.32 Å². The normalized spacial score (nSPS) is 14.1. The first-order valence-electron chi connectivity index (χ1n) is 6.92. The molecule has 2 unspecified atom stereocenters. The number of hydrogen-bond donors (Lipinski definition) is 2. The van der Waals surface area contributed by atoms with Crippen LogP contribution in [0.5, 0.6) is 0 Å². The number of carbonyl (C=O) groups is 1. The summed E-state index contributed by atoms with van der Waals surface area (Å²) in [7, 11) is -1.04. The minimum Gasteiger partial charge on any atom is -0.391 e. The smallest absolute Gasteiger partial charge is 0.251 e. The van der Waals surface area contributed by atoms with Crippen LogP contribution in [-0.4, -0.2) is 33.1 Å². The summed E-state index contributed by atoms with van der Waals surface area (Å²) in [6.07, 6.45) is 1.05. The van der Waals surface area contributed by atoms with Crippen LogP contribution in [0.4, 0.5) is 0 Å². The Hall–Kier alpha value is -1.20. The van der Waals surface area contributed by atoms with Crippen molar-refractivity contribution in [3.63, 3.8) is 0 Å². The van der Waals surface area contributed by atoms with E-state index < -0.39 is 16.9 Å². The van der Waals surface area contributed by atoms with E-state index >= 15 is 0 Å². The zero-order valence-electron chi connectivity index (χ0n) is 12.3. The molecule has 0 saturated heterocycles. The highest BCUT2D eigenvalue weighted by atomic mass is 32.2. The van der Waals surface area contributed by atoms with Crippen molar-refractivity contribution in [1.29, 1.82) is 0 Å². The maximum atomic E-state index is 11.9. The average molecular weight is 297 g/mol. The van der Waals surface area contributed by atoms with Gasteiger partial charge in [0.15, 0.2) is 0 Å². The number of nitrogens with one attached hydrogen (secondary N) is 1. The molecular weight excluding hydrogens is 274 g/mol. The molecule has 0 heterocycles. The van der Waals surface area contributed by atoms with E-state index in [0.717, 1.165) is 11.3 Å². The Morgan fingerprint density at radius 2 is 1.90 bits per heavy atom. The lowest BCUT2D eigenvalue weighted by Crippen LogP contribution is -2.31. The molecule has 0 aromatic heterocycles. The van der Waals surface area contributed by atoms with Gasteiger partial charge in [0.1, 0.15) is 0 Å². The van der Waals surface area contributed by atoms with E-state index in [1.807, 2.05) is 20.8 Å². The molecule has 1 aromatic rings. The number of aliphatic hydroxyl groups excluding tert-OH is 1. The Morgan fingerprint density at radius 3 is 2.40 bits per heavy atom. The first kappa shape index (κ1) is 16.9. The van der Waals surface area contributed by atoms with Crippen molar-refractivity contribution in [3.05, 3.63) is 29.8 Å². The van der Waals surface area contributed by atoms with Crippen LogP contribution >= 0.6 is 0 Å². The molecule has 0 aliphatic rings. The van der Waals surface area contributed by atoms with Gasteiger partial charge in [-0.05, 0) is 30.7 Å². The first-order valence-corrected chi connectivity index (χ1v) is 8.14. The highest BCUT2D eigenvalue weighted by Gasteiger charge is 2.11. The number of hydrogen-bond acceptors (Lipinski definition) is 3. The molecule has 1 amide bonds. The summed E-state index contributed by atoms with van der Waals surface area (Å²) < 4.78 is 11.9. The third kappa shape index (κ3) is 5.06. The summed E-state index contributed by atoms with van der Waals surface area (Å²) >= 11 is 0. The second-order valence-electron chi connectivity index (χ2n) is 5.02. The second kappa shape index (κ2) is 8.17. The molecule has 5 heteroatoms. The van der Waals surface area contributed by atoms with E-state index in [9.17, 15) is 14.1 Å². The lowest BCUT2D eigenvalue weighted by Gasteiger charge is -2.11. The Balaban J connectivity index is 2.60. The molecule has 0 saturated carbocycles. The van der Waals surface area contributed by atoms with Gasteiger partial charge in [-0.15, -0.1) is 0 Å². The number of benzene rings is 1. The predicted molar refractivity (Wildman–Crippen MR) is 81.2 cm³/mol. The third-order valence-corrected chi connectivity index (χ3v) is 4.49. The van der Waals surface area contributed by atoms with Gasteiger partial charge in [0.25, 0.3) is 5.91 Å². The van der Waals surface area contributed by atoms with Gasteiger partial charge in [0.05, 0.1) is 16.9 Å². The number of aliphatic hydroxyl groups is 1. The van der Waals surface area contributed by atoms with E-state index in [0.29, 0.717) is 12.0 Å². The standard InChI is InChI=1S/C15H23NO3S/c1-4-5-13(17)10-16-15(18)12-6-8-14(9-7-12)20(19)11(2)3/h6-9,11,13,17H,4-5,10H2,1-3H3,(H,16,18). The van der Waals surface area contributed by atoms with Gasteiger partial charge in [0, 0.05) is 22.3 Å². The SMILES string of the molecule is CCCC(O)CNC(=O)c1ccc(S(=O)C(C)C)cc1. The van der Waals surface area contributed by atoms with E-state index in [1.54, 1.807) is 24.3 Å². The molecule has 112 valence electrons. The summed E-state index contributed by atoms with van der Waals surface area (Å²) in [5.74, 6) is -0.220. The highest BCUT2D eigenvalue weighted by Crippen LogP contribution is 2.12. The van der Waals surface area contributed by atoms with Crippen molar-refractivity contribution in [2.45, 2.75) is 49.9 Å². The van der Waals surface area contributed by atoms with Crippen molar-refractivity contribution in [2.75, 3.05) is 6.54 Å². The summed E-state index contributed by atoms with van der Waals surface area (Å²) in [6.45, 7) is 6.03. The maximum absolute atomic E-state index is 11.9. The molecule has 20 heavy (non-hydrogen) atoms. The van der Waals surface area contributed by atoms with E-state index in [2.05, 4.69) is 5.32 Å². The van der Waals surface area contributed by atoms with Crippen LogP contribution in [0.25, 0.3) is 0 Å². The first-order chi connectivity index (χ1) is 9.45. The summed E-state index contributed by atoms with van der Waals surface area (Å²) in [5.41, 5.74) is 0.512. The molecule has 2 N–H and O–H groups in total. The third-order valence-electron chi connectivity index (χ3n) is 2.90. The van der Waals surface area contributed by atoms with Crippen LogP contribution in [0, 0.1) is 0 Å². The minimum absolute atomic E-state index is 0.0545. The monoisotopic (exact) mass is 297 g/mol. The molecule has 1 rings (SSSR count). The number of rotatable bonds is 7. The zero-order chi connectivity index (χ0) is 15.1. The molecule has 0 spiro atoms. The van der Waals surface area contributed by atoms with E-state index in [1.165, 1.54) is 0 Å². The van der Waals surface area contributed by atoms with E-state index in [4.69, 9.17) is 0 Å². The molecular formula is C15H23NO3S. The zero-order valence-corrected chi connectivity index (χ0v) is 13.1. The quantitative estimate of drug-likeness (QED) is 0.810. The lowest BCUT2D eigenvalue weighted by molar-refractivity contribution is 0.0910. The van der Waals surface area contributed by atoms with Crippen LogP contribution < -0.4 is 5.32 Å². The Kier molecular flexibility index (Phi) is 6.88. The largest absolute Gasteiger partial charge is 0.391 e. The molecule has 0 aliphatic heterocycles. The van der Waals surface area contributed by atoms with Crippen LogP contribution in [0.15, 0.2) is 29.2 Å². The topological polar surface area (TPSA) is 66.4 Å².